The molecule has 2 saturated heterocycles. The van der Waals surface area contributed by atoms with Crippen LogP contribution in [-0.2, 0) is 9.59 Å². The summed E-state index contributed by atoms with van der Waals surface area (Å²) in [6.45, 7) is 5.43. The average molecular weight is 358 g/mol. The summed E-state index contributed by atoms with van der Waals surface area (Å²) in [5.74, 6) is -1.41. The van der Waals surface area contributed by atoms with Crippen LogP contribution in [0.2, 0.25) is 0 Å². The summed E-state index contributed by atoms with van der Waals surface area (Å²) in [5, 5.41) is 9.31. The minimum Gasteiger partial charge on any atom is -0.480 e. The topological polar surface area (TPSA) is 77.9 Å². The molecule has 1 aromatic carbocycles. The van der Waals surface area contributed by atoms with Gasteiger partial charge in [0, 0.05) is 25.2 Å². The highest BCUT2D eigenvalue weighted by atomic mass is 16.4. The molecule has 0 radical (unpaired) electrons. The standard InChI is InChI=1S/C20H26N2O4/c1-13-9-14(2)11-16(10-13)18(23)21-7-3-5-15(12-21)19(24)22-8-4-6-17(22)20(25)26/h9-11,15,17H,3-8,12H2,1-2H3,(H,25,26). The van der Waals surface area contributed by atoms with E-state index in [9.17, 15) is 19.5 Å². The van der Waals surface area contributed by atoms with Gasteiger partial charge in [-0.1, -0.05) is 17.2 Å². The number of hydrogen-bond donors (Lipinski definition) is 1. The molecule has 2 aliphatic heterocycles. The van der Waals surface area contributed by atoms with E-state index in [1.165, 1.54) is 4.90 Å². The molecule has 0 spiro atoms. The lowest BCUT2D eigenvalue weighted by Crippen LogP contribution is -2.49. The molecule has 2 heterocycles. The van der Waals surface area contributed by atoms with E-state index in [0.29, 0.717) is 38.0 Å². The molecule has 0 aliphatic carbocycles. The zero-order valence-corrected chi connectivity index (χ0v) is 15.4. The number of carbonyl (C=O) groups is 3. The lowest BCUT2D eigenvalue weighted by atomic mass is 9.95. The van der Waals surface area contributed by atoms with Gasteiger partial charge in [0.1, 0.15) is 6.04 Å². The van der Waals surface area contributed by atoms with Crippen molar-refractivity contribution < 1.29 is 19.5 Å². The molecule has 1 N–H and O–H groups in total. The first-order valence-electron chi connectivity index (χ1n) is 9.27. The van der Waals surface area contributed by atoms with Crippen molar-refractivity contribution >= 4 is 17.8 Å². The molecule has 6 nitrogen and oxygen atoms in total. The first-order chi connectivity index (χ1) is 12.4. The maximum Gasteiger partial charge on any atom is 0.326 e. The number of likely N-dealkylation sites (tertiary alicyclic amines) is 2. The van der Waals surface area contributed by atoms with Crippen molar-refractivity contribution in [3.05, 3.63) is 34.9 Å². The summed E-state index contributed by atoms with van der Waals surface area (Å²) in [5.41, 5.74) is 2.74. The molecular formula is C20H26N2O4. The fourth-order valence-corrected chi connectivity index (χ4v) is 4.17. The maximum absolute atomic E-state index is 12.9. The highest BCUT2D eigenvalue weighted by Gasteiger charge is 2.39. The first kappa shape index (κ1) is 18.4. The SMILES string of the molecule is Cc1cc(C)cc(C(=O)N2CCCC(C(=O)N3CCCC3C(=O)O)C2)c1. The van der Waals surface area contributed by atoms with Crippen molar-refractivity contribution in [1.82, 2.24) is 9.80 Å². The summed E-state index contributed by atoms with van der Waals surface area (Å²) < 4.78 is 0. The van der Waals surface area contributed by atoms with Crippen LogP contribution in [0, 0.1) is 19.8 Å². The Labute approximate surface area is 153 Å². The molecule has 2 amide bonds. The minimum atomic E-state index is -0.935. The summed E-state index contributed by atoms with van der Waals surface area (Å²) in [7, 11) is 0. The van der Waals surface area contributed by atoms with Crippen molar-refractivity contribution in [2.45, 2.75) is 45.6 Å². The number of hydrogen-bond acceptors (Lipinski definition) is 3. The monoisotopic (exact) mass is 358 g/mol. The van der Waals surface area contributed by atoms with Crippen molar-refractivity contribution in [2.75, 3.05) is 19.6 Å². The van der Waals surface area contributed by atoms with Gasteiger partial charge < -0.3 is 14.9 Å². The number of aliphatic carboxylic acids is 1. The number of rotatable bonds is 3. The lowest BCUT2D eigenvalue weighted by Gasteiger charge is -2.35. The molecular weight excluding hydrogens is 332 g/mol. The summed E-state index contributed by atoms with van der Waals surface area (Å²) in [6, 6.07) is 5.07. The van der Waals surface area contributed by atoms with Gasteiger partial charge in [-0.05, 0) is 51.7 Å². The van der Waals surface area contributed by atoms with Crippen LogP contribution in [0.3, 0.4) is 0 Å². The second-order valence-corrected chi connectivity index (χ2v) is 7.49. The fourth-order valence-electron chi connectivity index (χ4n) is 4.17. The number of benzene rings is 1. The van der Waals surface area contributed by atoms with Crippen LogP contribution in [-0.4, -0.2) is 58.4 Å². The Morgan fingerprint density at radius 2 is 1.65 bits per heavy atom. The van der Waals surface area contributed by atoms with E-state index < -0.39 is 12.0 Å². The highest BCUT2D eigenvalue weighted by Crippen LogP contribution is 2.26. The highest BCUT2D eigenvalue weighted by molar-refractivity contribution is 5.95. The van der Waals surface area contributed by atoms with Crippen LogP contribution < -0.4 is 0 Å². The maximum atomic E-state index is 12.9. The van der Waals surface area contributed by atoms with Crippen LogP contribution in [0.25, 0.3) is 0 Å². The third-order valence-corrected chi connectivity index (χ3v) is 5.35. The number of aryl methyl sites for hydroxylation is 2. The molecule has 140 valence electrons. The zero-order valence-electron chi connectivity index (χ0n) is 15.4. The Bertz CT molecular complexity index is 710. The smallest absolute Gasteiger partial charge is 0.326 e. The second-order valence-electron chi connectivity index (χ2n) is 7.49. The van der Waals surface area contributed by atoms with E-state index in [1.54, 1.807) is 4.90 Å². The first-order valence-corrected chi connectivity index (χ1v) is 9.27. The van der Waals surface area contributed by atoms with Gasteiger partial charge in [0.25, 0.3) is 5.91 Å². The Hall–Kier alpha value is -2.37. The Kier molecular flexibility index (Phi) is 5.30. The molecule has 6 heteroatoms. The Morgan fingerprint density at radius 1 is 1.00 bits per heavy atom. The van der Waals surface area contributed by atoms with E-state index in [1.807, 2.05) is 32.0 Å². The average Bonchev–Trinajstić information content (AvgIpc) is 3.09. The van der Waals surface area contributed by atoms with E-state index in [4.69, 9.17) is 0 Å². The molecule has 1 aromatic rings. The van der Waals surface area contributed by atoms with Crippen LogP contribution in [0.4, 0.5) is 0 Å². The quantitative estimate of drug-likeness (QED) is 0.899. The van der Waals surface area contributed by atoms with E-state index in [-0.39, 0.29) is 17.7 Å². The van der Waals surface area contributed by atoms with E-state index in [0.717, 1.165) is 24.0 Å². The van der Waals surface area contributed by atoms with Gasteiger partial charge in [0.2, 0.25) is 5.91 Å². The third kappa shape index (κ3) is 3.74. The van der Waals surface area contributed by atoms with Crippen LogP contribution >= 0.6 is 0 Å². The molecule has 2 atom stereocenters. The van der Waals surface area contributed by atoms with Gasteiger partial charge in [-0.3, -0.25) is 9.59 Å². The number of amides is 2. The van der Waals surface area contributed by atoms with E-state index in [2.05, 4.69) is 0 Å². The molecule has 26 heavy (non-hydrogen) atoms. The molecule has 0 aromatic heterocycles. The van der Waals surface area contributed by atoms with Crippen molar-refractivity contribution in [3.8, 4) is 0 Å². The van der Waals surface area contributed by atoms with E-state index >= 15 is 0 Å². The van der Waals surface area contributed by atoms with Crippen LogP contribution in [0.1, 0.15) is 47.2 Å². The van der Waals surface area contributed by atoms with Gasteiger partial charge in [-0.15, -0.1) is 0 Å². The number of carbonyl (C=O) groups excluding carboxylic acids is 2. The van der Waals surface area contributed by atoms with Crippen molar-refractivity contribution in [3.63, 3.8) is 0 Å². The lowest BCUT2D eigenvalue weighted by molar-refractivity contribution is -0.150. The largest absolute Gasteiger partial charge is 0.480 e. The molecule has 0 bridgehead atoms. The fraction of sp³-hybridized carbons (Fsp3) is 0.550. The van der Waals surface area contributed by atoms with Gasteiger partial charge in [-0.2, -0.15) is 0 Å². The normalized spacial score (nSPS) is 23.2. The zero-order chi connectivity index (χ0) is 18.8. The minimum absolute atomic E-state index is 0.0505. The molecule has 2 aliphatic rings. The summed E-state index contributed by atoms with van der Waals surface area (Å²) in [6.07, 6.45) is 2.70. The number of carboxylic acids is 1. The Morgan fingerprint density at radius 3 is 2.31 bits per heavy atom. The number of carboxylic acid groups (broad SMARTS) is 1. The molecule has 0 saturated carbocycles. The summed E-state index contributed by atoms with van der Waals surface area (Å²) >= 11 is 0. The van der Waals surface area contributed by atoms with Gasteiger partial charge in [-0.25, -0.2) is 4.79 Å². The van der Waals surface area contributed by atoms with Crippen LogP contribution in [0.5, 0.6) is 0 Å². The van der Waals surface area contributed by atoms with Crippen molar-refractivity contribution in [1.29, 1.82) is 0 Å². The summed E-state index contributed by atoms with van der Waals surface area (Å²) in [4.78, 5) is 40.3. The number of piperidine rings is 1. The predicted molar refractivity (Wildman–Crippen MR) is 96.9 cm³/mol. The van der Waals surface area contributed by atoms with Gasteiger partial charge in [0.05, 0.1) is 5.92 Å². The molecule has 2 unspecified atom stereocenters. The van der Waals surface area contributed by atoms with Crippen molar-refractivity contribution in [2.24, 2.45) is 5.92 Å². The second kappa shape index (κ2) is 7.48. The Balaban J connectivity index is 1.71. The number of nitrogens with zero attached hydrogens (tertiary/aromatic N) is 2. The van der Waals surface area contributed by atoms with Gasteiger partial charge >= 0.3 is 5.97 Å². The third-order valence-electron chi connectivity index (χ3n) is 5.35. The van der Waals surface area contributed by atoms with Crippen LogP contribution in [0.15, 0.2) is 18.2 Å². The molecule has 2 fully saturated rings. The van der Waals surface area contributed by atoms with Gasteiger partial charge in [0.15, 0.2) is 0 Å². The molecule has 3 rings (SSSR count). The predicted octanol–water partition coefficient (Wildman–Crippen LogP) is 2.23.